The van der Waals surface area contributed by atoms with E-state index < -0.39 is 12.1 Å². The first-order valence-electron chi connectivity index (χ1n) is 10.6. The summed E-state index contributed by atoms with van der Waals surface area (Å²) in [5.41, 5.74) is 6.33. The van der Waals surface area contributed by atoms with Crippen molar-refractivity contribution in [2.45, 2.75) is 32.3 Å². The zero-order chi connectivity index (χ0) is 21.1. The molecule has 0 radical (unpaired) electrons. The van der Waals surface area contributed by atoms with Crippen LogP contribution in [0.15, 0.2) is 54.1 Å². The first-order chi connectivity index (χ1) is 14.5. The van der Waals surface area contributed by atoms with E-state index in [9.17, 15) is 9.90 Å². The highest BCUT2D eigenvalue weighted by molar-refractivity contribution is 5.73. The minimum atomic E-state index is -0.688. The summed E-state index contributed by atoms with van der Waals surface area (Å²) in [5, 5.41) is 19.3. The Bertz CT molecular complexity index is 931. The van der Waals surface area contributed by atoms with Gasteiger partial charge in [0.2, 0.25) is 0 Å². The number of fused-ring (bicyclic) bond motifs is 1. The predicted octanol–water partition coefficient (Wildman–Crippen LogP) is 3.41. The fourth-order valence-corrected chi connectivity index (χ4v) is 4.36. The van der Waals surface area contributed by atoms with E-state index in [4.69, 9.17) is 9.84 Å². The van der Waals surface area contributed by atoms with Crippen molar-refractivity contribution in [1.82, 2.24) is 4.90 Å². The van der Waals surface area contributed by atoms with Crippen LogP contribution in [0, 0.1) is 5.92 Å². The molecule has 1 atom stereocenters. The molecule has 2 aromatic carbocycles. The summed E-state index contributed by atoms with van der Waals surface area (Å²) < 4.78 is 5.86. The number of aliphatic hydroxyl groups excluding tert-OH is 1. The largest absolute Gasteiger partial charge is 0.491 e. The van der Waals surface area contributed by atoms with Crippen LogP contribution in [0.2, 0.25) is 0 Å². The molecular formula is C25H29NO4. The van der Waals surface area contributed by atoms with Gasteiger partial charge in [0.1, 0.15) is 12.4 Å². The van der Waals surface area contributed by atoms with E-state index >= 15 is 0 Å². The second-order valence-corrected chi connectivity index (χ2v) is 8.43. The van der Waals surface area contributed by atoms with Gasteiger partial charge in [0, 0.05) is 26.1 Å². The van der Waals surface area contributed by atoms with E-state index in [1.165, 1.54) is 22.3 Å². The van der Waals surface area contributed by atoms with Gasteiger partial charge in [-0.2, -0.15) is 0 Å². The number of rotatable bonds is 8. The summed E-state index contributed by atoms with van der Waals surface area (Å²) in [6.07, 6.45) is 1.99. The van der Waals surface area contributed by atoms with Gasteiger partial charge in [-0.1, -0.05) is 42.0 Å². The number of hydrogen-bond acceptors (Lipinski definition) is 4. The number of aryl methyl sites for hydroxylation is 1. The maximum absolute atomic E-state index is 11.0. The quantitative estimate of drug-likeness (QED) is 0.702. The Hall–Kier alpha value is -2.63. The molecular weight excluding hydrogens is 378 g/mol. The Morgan fingerprint density at radius 3 is 2.67 bits per heavy atom. The van der Waals surface area contributed by atoms with E-state index in [2.05, 4.69) is 24.0 Å². The summed E-state index contributed by atoms with van der Waals surface area (Å²) in [6, 6.07) is 16.1. The van der Waals surface area contributed by atoms with E-state index in [0.29, 0.717) is 19.5 Å². The van der Waals surface area contributed by atoms with Gasteiger partial charge in [0.05, 0.1) is 12.0 Å². The Balaban J connectivity index is 1.34. The molecule has 0 saturated carbocycles. The molecule has 1 aliphatic heterocycles. The lowest BCUT2D eigenvalue weighted by Gasteiger charge is -2.38. The number of allylic oxidation sites excluding steroid dienone is 1. The van der Waals surface area contributed by atoms with Crippen LogP contribution in [0.4, 0.5) is 0 Å². The summed E-state index contributed by atoms with van der Waals surface area (Å²) in [5.74, 6) is -0.102. The molecule has 30 heavy (non-hydrogen) atoms. The van der Waals surface area contributed by atoms with Crippen LogP contribution in [0.3, 0.4) is 0 Å². The highest BCUT2D eigenvalue weighted by atomic mass is 16.5. The summed E-state index contributed by atoms with van der Waals surface area (Å²) >= 11 is 0. The molecule has 0 amide bonds. The summed E-state index contributed by atoms with van der Waals surface area (Å²) in [6.45, 7) is 4.59. The van der Waals surface area contributed by atoms with Gasteiger partial charge in [-0.15, -0.1) is 0 Å². The minimum absolute atomic E-state index is 0.210. The van der Waals surface area contributed by atoms with Gasteiger partial charge < -0.3 is 14.9 Å². The van der Waals surface area contributed by atoms with Gasteiger partial charge in [-0.05, 0) is 54.2 Å². The number of benzene rings is 2. The maximum atomic E-state index is 11.0. The van der Waals surface area contributed by atoms with Crippen LogP contribution in [-0.4, -0.2) is 53.4 Å². The second-order valence-electron chi connectivity index (χ2n) is 8.43. The number of likely N-dealkylation sites (tertiary alicyclic amines) is 1. The molecule has 2 N–H and O–H groups in total. The monoisotopic (exact) mass is 407 g/mol. The van der Waals surface area contributed by atoms with Crippen LogP contribution in [-0.2, 0) is 17.6 Å². The van der Waals surface area contributed by atoms with Crippen LogP contribution in [0.1, 0.15) is 30.0 Å². The molecule has 5 nitrogen and oxygen atoms in total. The van der Waals surface area contributed by atoms with Crippen LogP contribution < -0.4 is 4.74 Å². The third-order valence-corrected chi connectivity index (χ3v) is 6.18. The van der Waals surface area contributed by atoms with Gasteiger partial charge in [0.25, 0.3) is 0 Å². The van der Waals surface area contributed by atoms with Crippen molar-refractivity contribution in [3.05, 3.63) is 70.8 Å². The number of carboxylic acids is 1. The van der Waals surface area contributed by atoms with E-state index in [-0.39, 0.29) is 12.5 Å². The maximum Gasteiger partial charge on any atom is 0.309 e. The van der Waals surface area contributed by atoms with Crippen molar-refractivity contribution in [1.29, 1.82) is 0 Å². The van der Waals surface area contributed by atoms with Gasteiger partial charge in [-0.3, -0.25) is 9.69 Å². The van der Waals surface area contributed by atoms with Crippen molar-refractivity contribution in [3.63, 3.8) is 0 Å². The molecule has 158 valence electrons. The molecule has 1 aliphatic carbocycles. The fourth-order valence-electron chi connectivity index (χ4n) is 4.36. The number of carbonyl (C=O) groups is 1. The molecule has 0 spiro atoms. The first kappa shape index (κ1) is 20.6. The van der Waals surface area contributed by atoms with Crippen molar-refractivity contribution < 1.29 is 19.7 Å². The highest BCUT2D eigenvalue weighted by Gasteiger charge is 2.33. The zero-order valence-corrected chi connectivity index (χ0v) is 17.4. The molecule has 1 heterocycles. The Morgan fingerprint density at radius 2 is 1.93 bits per heavy atom. The van der Waals surface area contributed by atoms with Gasteiger partial charge in [-0.25, -0.2) is 0 Å². The number of carboxylic acid groups (broad SMARTS) is 1. The van der Waals surface area contributed by atoms with E-state index in [0.717, 1.165) is 30.7 Å². The van der Waals surface area contributed by atoms with Crippen LogP contribution in [0.5, 0.6) is 5.75 Å². The number of ether oxygens (including phenoxy) is 1. The standard InChI is InChI=1S/C25H29NO4/c1-17-20(13-26-14-21(15-26)25(28)29)8-7-19-12-23(9-10-24(17)19)30-16-22(27)11-18-5-3-2-4-6-18/h2-6,9-10,12,21-22,27H,7-8,11,13-16H2,1H3,(H,28,29). The summed E-state index contributed by atoms with van der Waals surface area (Å²) in [7, 11) is 0. The van der Waals surface area contributed by atoms with E-state index in [1.807, 2.05) is 36.4 Å². The number of aliphatic hydroxyl groups is 1. The van der Waals surface area contributed by atoms with Gasteiger partial charge in [0.15, 0.2) is 0 Å². The molecule has 2 aliphatic rings. The Kier molecular flexibility index (Phi) is 6.21. The van der Waals surface area contributed by atoms with Crippen molar-refractivity contribution in [2.75, 3.05) is 26.2 Å². The fraction of sp³-hybridized carbons (Fsp3) is 0.400. The SMILES string of the molecule is CC1=C(CN2CC(C(=O)O)C2)CCc2cc(OCC(O)Cc3ccccc3)ccc21. The second kappa shape index (κ2) is 9.02. The molecule has 0 aromatic heterocycles. The molecule has 1 saturated heterocycles. The topological polar surface area (TPSA) is 70.0 Å². The summed E-state index contributed by atoms with van der Waals surface area (Å²) in [4.78, 5) is 13.2. The number of aliphatic carboxylic acids is 1. The number of nitrogens with zero attached hydrogens (tertiary/aromatic N) is 1. The molecule has 1 fully saturated rings. The Labute approximate surface area is 177 Å². The molecule has 2 aromatic rings. The molecule has 1 unspecified atom stereocenters. The highest BCUT2D eigenvalue weighted by Crippen LogP contribution is 2.34. The third-order valence-electron chi connectivity index (χ3n) is 6.18. The number of hydrogen-bond donors (Lipinski definition) is 2. The average molecular weight is 408 g/mol. The minimum Gasteiger partial charge on any atom is -0.491 e. The zero-order valence-electron chi connectivity index (χ0n) is 17.4. The smallest absolute Gasteiger partial charge is 0.309 e. The molecule has 4 rings (SSSR count). The Morgan fingerprint density at radius 1 is 1.17 bits per heavy atom. The normalized spacial score (nSPS) is 17.9. The lowest BCUT2D eigenvalue weighted by atomic mass is 9.85. The predicted molar refractivity (Wildman–Crippen MR) is 117 cm³/mol. The molecule has 5 heteroatoms. The van der Waals surface area contributed by atoms with Crippen molar-refractivity contribution in [3.8, 4) is 5.75 Å². The van der Waals surface area contributed by atoms with Crippen LogP contribution >= 0.6 is 0 Å². The third kappa shape index (κ3) is 4.74. The average Bonchev–Trinajstić information content (AvgIpc) is 2.70. The van der Waals surface area contributed by atoms with Crippen LogP contribution in [0.25, 0.3) is 5.57 Å². The van der Waals surface area contributed by atoms with Crippen molar-refractivity contribution in [2.24, 2.45) is 5.92 Å². The lowest BCUT2D eigenvalue weighted by Crippen LogP contribution is -2.50. The van der Waals surface area contributed by atoms with E-state index in [1.54, 1.807) is 0 Å². The van der Waals surface area contributed by atoms with Crippen molar-refractivity contribution >= 4 is 11.5 Å². The molecule has 0 bridgehead atoms. The first-order valence-corrected chi connectivity index (χ1v) is 10.6. The van der Waals surface area contributed by atoms with Gasteiger partial charge >= 0.3 is 5.97 Å². The lowest BCUT2D eigenvalue weighted by molar-refractivity contribution is -0.147.